The molecule has 0 fully saturated rings. The first kappa shape index (κ1) is 13.0. The minimum atomic E-state index is -4.31. The third kappa shape index (κ3) is 5.14. The van der Waals surface area contributed by atoms with E-state index in [0.29, 0.717) is 5.56 Å². The van der Waals surface area contributed by atoms with E-state index in [4.69, 9.17) is 0 Å². The molecule has 1 rings (SSSR count). The molecule has 16 heavy (non-hydrogen) atoms. The van der Waals surface area contributed by atoms with Gasteiger partial charge < -0.3 is 9.84 Å². The third-order valence-corrected chi connectivity index (χ3v) is 1.99. The van der Waals surface area contributed by atoms with E-state index in [2.05, 4.69) is 4.74 Å². The largest absolute Gasteiger partial charge is 0.411 e. The van der Waals surface area contributed by atoms with Gasteiger partial charge in [0.1, 0.15) is 6.61 Å². The van der Waals surface area contributed by atoms with Gasteiger partial charge in [-0.1, -0.05) is 30.3 Å². The van der Waals surface area contributed by atoms with Gasteiger partial charge >= 0.3 is 6.18 Å². The van der Waals surface area contributed by atoms with E-state index in [0.717, 1.165) is 0 Å². The van der Waals surface area contributed by atoms with Crippen LogP contribution in [-0.4, -0.2) is 24.5 Å². The highest BCUT2D eigenvalue weighted by atomic mass is 19.4. The van der Waals surface area contributed by atoms with Crippen LogP contribution in [0.4, 0.5) is 13.2 Å². The van der Waals surface area contributed by atoms with Crippen molar-refractivity contribution in [3.63, 3.8) is 0 Å². The Bertz CT molecular complexity index is 298. The van der Waals surface area contributed by atoms with Gasteiger partial charge in [0.2, 0.25) is 0 Å². The zero-order chi connectivity index (χ0) is 12.0. The quantitative estimate of drug-likeness (QED) is 0.794. The van der Waals surface area contributed by atoms with E-state index in [1.807, 2.05) is 0 Å². The van der Waals surface area contributed by atoms with Crippen LogP contribution in [0.2, 0.25) is 0 Å². The molecule has 1 aromatic carbocycles. The fraction of sp³-hybridized carbons (Fsp3) is 0.455. The summed E-state index contributed by atoms with van der Waals surface area (Å²) in [4.78, 5) is 0. The van der Waals surface area contributed by atoms with Crippen LogP contribution in [0.15, 0.2) is 30.3 Å². The SMILES string of the molecule is OC(CCOCC(F)(F)F)c1ccccc1. The summed E-state index contributed by atoms with van der Waals surface area (Å²) in [6, 6.07) is 8.75. The molecule has 0 saturated carbocycles. The van der Waals surface area contributed by atoms with Crippen molar-refractivity contribution < 1.29 is 23.0 Å². The lowest BCUT2D eigenvalue weighted by atomic mass is 10.1. The minimum Gasteiger partial charge on any atom is -0.388 e. The normalized spacial score (nSPS) is 13.8. The molecule has 0 spiro atoms. The molecular weight excluding hydrogens is 221 g/mol. The van der Waals surface area contributed by atoms with Crippen molar-refractivity contribution in [1.82, 2.24) is 0 Å². The second kappa shape index (κ2) is 5.86. The molecule has 2 nitrogen and oxygen atoms in total. The van der Waals surface area contributed by atoms with Gasteiger partial charge in [0.05, 0.1) is 6.10 Å². The van der Waals surface area contributed by atoms with Crippen molar-refractivity contribution in [1.29, 1.82) is 0 Å². The third-order valence-electron chi connectivity index (χ3n) is 1.99. The summed E-state index contributed by atoms with van der Waals surface area (Å²) in [5.41, 5.74) is 0.679. The highest BCUT2D eigenvalue weighted by Gasteiger charge is 2.27. The molecule has 0 aromatic heterocycles. The highest BCUT2D eigenvalue weighted by molar-refractivity contribution is 5.16. The van der Waals surface area contributed by atoms with Crippen LogP contribution in [-0.2, 0) is 4.74 Å². The van der Waals surface area contributed by atoms with Crippen molar-refractivity contribution in [2.75, 3.05) is 13.2 Å². The van der Waals surface area contributed by atoms with Crippen molar-refractivity contribution in [3.8, 4) is 0 Å². The van der Waals surface area contributed by atoms with Crippen LogP contribution in [0, 0.1) is 0 Å². The zero-order valence-corrected chi connectivity index (χ0v) is 8.57. The van der Waals surface area contributed by atoms with Crippen molar-refractivity contribution >= 4 is 0 Å². The summed E-state index contributed by atoms with van der Waals surface area (Å²) >= 11 is 0. The number of rotatable bonds is 5. The maximum atomic E-state index is 11.7. The van der Waals surface area contributed by atoms with Crippen molar-refractivity contribution in [2.45, 2.75) is 18.7 Å². The van der Waals surface area contributed by atoms with Gasteiger partial charge in [0, 0.05) is 13.0 Å². The maximum Gasteiger partial charge on any atom is 0.411 e. The summed E-state index contributed by atoms with van der Waals surface area (Å²) in [5.74, 6) is 0. The molecule has 0 aliphatic carbocycles. The average Bonchev–Trinajstić information content (AvgIpc) is 2.24. The standard InChI is InChI=1S/C11H13F3O2/c12-11(13,14)8-16-7-6-10(15)9-4-2-1-3-5-9/h1-5,10,15H,6-8H2. The van der Waals surface area contributed by atoms with Gasteiger partial charge in [-0.05, 0) is 5.56 Å². The van der Waals surface area contributed by atoms with Crippen LogP contribution in [0.25, 0.3) is 0 Å². The predicted octanol–water partition coefficient (Wildman–Crippen LogP) is 2.69. The monoisotopic (exact) mass is 234 g/mol. The van der Waals surface area contributed by atoms with Gasteiger partial charge in [-0.3, -0.25) is 0 Å². The predicted molar refractivity (Wildman–Crippen MR) is 52.9 cm³/mol. The summed E-state index contributed by atoms with van der Waals surface area (Å²) in [6.07, 6.45) is -4.94. The summed E-state index contributed by atoms with van der Waals surface area (Å²) in [7, 11) is 0. The first-order valence-corrected chi connectivity index (χ1v) is 4.86. The lowest BCUT2D eigenvalue weighted by Crippen LogP contribution is -2.18. The van der Waals surface area contributed by atoms with E-state index in [1.54, 1.807) is 30.3 Å². The molecule has 0 bridgehead atoms. The van der Waals surface area contributed by atoms with Gasteiger partial charge in [0.25, 0.3) is 0 Å². The fourth-order valence-electron chi connectivity index (χ4n) is 1.22. The van der Waals surface area contributed by atoms with Crippen LogP contribution in [0.5, 0.6) is 0 Å². The van der Waals surface area contributed by atoms with Crippen LogP contribution >= 0.6 is 0 Å². The van der Waals surface area contributed by atoms with Crippen LogP contribution in [0.1, 0.15) is 18.1 Å². The molecule has 0 aliphatic heterocycles. The lowest BCUT2D eigenvalue weighted by molar-refractivity contribution is -0.175. The minimum absolute atomic E-state index is 0.116. The number of alkyl halides is 3. The smallest absolute Gasteiger partial charge is 0.388 e. The number of aliphatic hydroxyl groups is 1. The molecular formula is C11H13F3O2. The van der Waals surface area contributed by atoms with Gasteiger partial charge in [0.15, 0.2) is 0 Å². The van der Waals surface area contributed by atoms with E-state index in [-0.39, 0.29) is 13.0 Å². The molecule has 1 N–H and O–H groups in total. The topological polar surface area (TPSA) is 29.5 Å². The average molecular weight is 234 g/mol. The molecule has 1 aromatic rings. The maximum absolute atomic E-state index is 11.7. The molecule has 5 heteroatoms. The number of halogens is 3. The molecule has 0 radical (unpaired) electrons. The molecule has 1 atom stereocenters. The highest BCUT2D eigenvalue weighted by Crippen LogP contribution is 2.18. The summed E-state index contributed by atoms with van der Waals surface area (Å²) < 4.78 is 39.6. The Morgan fingerprint density at radius 3 is 2.38 bits per heavy atom. The van der Waals surface area contributed by atoms with E-state index in [1.165, 1.54) is 0 Å². The molecule has 90 valence electrons. The van der Waals surface area contributed by atoms with Crippen LogP contribution < -0.4 is 0 Å². The van der Waals surface area contributed by atoms with E-state index in [9.17, 15) is 18.3 Å². The van der Waals surface area contributed by atoms with Crippen molar-refractivity contribution in [2.24, 2.45) is 0 Å². The number of hydrogen-bond acceptors (Lipinski definition) is 2. The molecule has 1 unspecified atom stereocenters. The Kier molecular flexibility index (Phi) is 4.76. The second-order valence-electron chi connectivity index (χ2n) is 3.38. The van der Waals surface area contributed by atoms with Crippen LogP contribution in [0.3, 0.4) is 0 Å². The Labute approximate surface area is 91.7 Å². The number of hydrogen-bond donors (Lipinski definition) is 1. The van der Waals surface area contributed by atoms with Gasteiger partial charge in [-0.2, -0.15) is 13.2 Å². The Morgan fingerprint density at radius 1 is 1.19 bits per heavy atom. The summed E-state index contributed by atoms with van der Waals surface area (Å²) in [6.45, 7) is -1.38. The number of benzene rings is 1. The Hall–Kier alpha value is -1.07. The van der Waals surface area contributed by atoms with Gasteiger partial charge in [-0.15, -0.1) is 0 Å². The Balaban J connectivity index is 2.24. The molecule has 0 heterocycles. The molecule has 0 amide bonds. The number of ether oxygens (including phenoxy) is 1. The first-order valence-electron chi connectivity index (χ1n) is 4.86. The Morgan fingerprint density at radius 2 is 1.81 bits per heavy atom. The molecule has 0 aliphatic rings. The zero-order valence-electron chi connectivity index (χ0n) is 8.57. The lowest BCUT2D eigenvalue weighted by Gasteiger charge is -2.12. The second-order valence-corrected chi connectivity index (χ2v) is 3.38. The molecule has 0 saturated heterocycles. The van der Waals surface area contributed by atoms with E-state index < -0.39 is 18.9 Å². The van der Waals surface area contributed by atoms with Crippen molar-refractivity contribution in [3.05, 3.63) is 35.9 Å². The van der Waals surface area contributed by atoms with Gasteiger partial charge in [-0.25, -0.2) is 0 Å². The number of aliphatic hydroxyl groups excluding tert-OH is 1. The fourth-order valence-corrected chi connectivity index (χ4v) is 1.22. The summed E-state index contributed by atoms with van der Waals surface area (Å²) in [5, 5.41) is 9.59. The first-order chi connectivity index (χ1) is 7.49. The van der Waals surface area contributed by atoms with E-state index >= 15 is 0 Å².